The Kier molecular flexibility index (Phi) is 3.60. The van der Waals surface area contributed by atoms with Crippen LogP contribution in [-0.2, 0) is 0 Å². The van der Waals surface area contributed by atoms with Crippen LogP contribution in [0.5, 0.6) is 0 Å². The van der Waals surface area contributed by atoms with Crippen molar-refractivity contribution < 1.29 is 0 Å². The van der Waals surface area contributed by atoms with Crippen LogP contribution < -0.4 is 5.32 Å². The topological polar surface area (TPSA) is 15.3 Å². The Hall–Kier alpha value is -0.0800. The van der Waals surface area contributed by atoms with Crippen LogP contribution in [0.15, 0.2) is 0 Å². The first-order valence-electron chi connectivity index (χ1n) is 7.00. The van der Waals surface area contributed by atoms with Crippen molar-refractivity contribution in [3.05, 3.63) is 0 Å². The van der Waals surface area contributed by atoms with Crippen LogP contribution >= 0.6 is 0 Å². The lowest BCUT2D eigenvalue weighted by molar-refractivity contribution is 0.0937. The normalized spacial score (nSPS) is 32.8. The second-order valence-electron chi connectivity index (χ2n) is 6.54. The summed E-state index contributed by atoms with van der Waals surface area (Å²) in [6, 6.07) is 0.742. The maximum atomic E-state index is 3.71. The average molecular weight is 224 g/mol. The molecule has 2 nitrogen and oxygen atoms in total. The molecule has 16 heavy (non-hydrogen) atoms. The second kappa shape index (κ2) is 4.66. The van der Waals surface area contributed by atoms with Crippen LogP contribution in [0, 0.1) is 11.8 Å². The predicted molar refractivity (Wildman–Crippen MR) is 69.6 cm³/mol. The first-order chi connectivity index (χ1) is 7.51. The molecule has 2 aliphatic heterocycles. The lowest BCUT2D eigenvalue weighted by atomic mass is 9.83. The highest BCUT2D eigenvalue weighted by atomic mass is 15.2. The molecule has 1 N–H and O–H groups in total. The molecule has 2 aliphatic rings. The van der Waals surface area contributed by atoms with Gasteiger partial charge < -0.3 is 5.32 Å². The smallest absolute Gasteiger partial charge is 0.0194 e. The van der Waals surface area contributed by atoms with Gasteiger partial charge in [0.2, 0.25) is 0 Å². The zero-order valence-electron chi connectivity index (χ0n) is 11.4. The molecule has 0 spiro atoms. The molecule has 2 fully saturated rings. The molecule has 0 saturated carbocycles. The van der Waals surface area contributed by atoms with Gasteiger partial charge in [-0.05, 0) is 58.0 Å². The van der Waals surface area contributed by atoms with Crippen molar-refractivity contribution in [1.82, 2.24) is 10.2 Å². The van der Waals surface area contributed by atoms with E-state index in [0.29, 0.717) is 5.54 Å². The highest BCUT2D eigenvalue weighted by Crippen LogP contribution is 2.34. The molecule has 0 radical (unpaired) electrons. The van der Waals surface area contributed by atoms with Gasteiger partial charge in [-0.3, -0.25) is 4.90 Å². The number of hydrogen-bond acceptors (Lipinski definition) is 2. The van der Waals surface area contributed by atoms with Gasteiger partial charge in [-0.15, -0.1) is 0 Å². The van der Waals surface area contributed by atoms with Crippen molar-refractivity contribution in [2.75, 3.05) is 19.6 Å². The van der Waals surface area contributed by atoms with Crippen LogP contribution in [0.3, 0.4) is 0 Å². The maximum absolute atomic E-state index is 3.71. The van der Waals surface area contributed by atoms with Crippen molar-refractivity contribution in [2.45, 2.75) is 58.5 Å². The Morgan fingerprint density at radius 3 is 2.31 bits per heavy atom. The van der Waals surface area contributed by atoms with Gasteiger partial charge in [0.05, 0.1) is 0 Å². The van der Waals surface area contributed by atoms with E-state index in [0.717, 1.165) is 17.9 Å². The number of nitrogens with one attached hydrogen (secondary N) is 1. The van der Waals surface area contributed by atoms with Gasteiger partial charge in [0, 0.05) is 18.1 Å². The van der Waals surface area contributed by atoms with Crippen molar-refractivity contribution in [3.63, 3.8) is 0 Å². The van der Waals surface area contributed by atoms with E-state index in [9.17, 15) is 0 Å². The third-order valence-electron chi connectivity index (χ3n) is 4.89. The number of nitrogens with zero attached hydrogens (tertiary/aromatic N) is 1. The van der Waals surface area contributed by atoms with E-state index in [1.165, 1.54) is 38.9 Å². The Labute approximate surface area is 101 Å². The van der Waals surface area contributed by atoms with Crippen LogP contribution in [0.1, 0.15) is 47.0 Å². The Balaban J connectivity index is 1.96. The molecule has 2 atom stereocenters. The molecular weight excluding hydrogens is 196 g/mol. The minimum absolute atomic E-state index is 0.396. The molecule has 2 heteroatoms. The summed E-state index contributed by atoms with van der Waals surface area (Å²) in [6.07, 6.45) is 4.16. The first-order valence-corrected chi connectivity index (χ1v) is 7.00. The molecular formula is C14H28N2. The summed E-state index contributed by atoms with van der Waals surface area (Å²) in [6.45, 7) is 13.4. The predicted octanol–water partition coefficient (Wildman–Crippen LogP) is 2.49. The van der Waals surface area contributed by atoms with Crippen LogP contribution in [0.25, 0.3) is 0 Å². The fourth-order valence-electron chi connectivity index (χ4n) is 3.36. The van der Waals surface area contributed by atoms with E-state index in [2.05, 4.69) is 37.9 Å². The van der Waals surface area contributed by atoms with Crippen LogP contribution in [0.2, 0.25) is 0 Å². The molecule has 0 amide bonds. The van der Waals surface area contributed by atoms with Gasteiger partial charge in [-0.2, -0.15) is 0 Å². The third kappa shape index (κ3) is 2.28. The summed E-state index contributed by atoms with van der Waals surface area (Å²) in [5, 5.41) is 3.71. The highest BCUT2D eigenvalue weighted by Gasteiger charge is 2.40. The molecule has 2 unspecified atom stereocenters. The first kappa shape index (κ1) is 12.4. The minimum atomic E-state index is 0.396. The standard InChI is InChI=1S/C14H28N2/c1-11(2)13-9-12(10-15-13)14(3,4)16-7-5-6-8-16/h11-13,15H,5-10H2,1-4H3. The highest BCUT2D eigenvalue weighted by molar-refractivity contribution is 4.97. The molecule has 2 rings (SSSR count). The minimum Gasteiger partial charge on any atom is -0.313 e. The summed E-state index contributed by atoms with van der Waals surface area (Å²) in [4.78, 5) is 2.71. The molecule has 2 saturated heterocycles. The Morgan fingerprint density at radius 1 is 1.19 bits per heavy atom. The number of hydrogen-bond donors (Lipinski definition) is 1. The summed E-state index contributed by atoms with van der Waals surface area (Å²) in [5.41, 5.74) is 0.396. The van der Waals surface area contributed by atoms with Crippen molar-refractivity contribution in [3.8, 4) is 0 Å². The van der Waals surface area contributed by atoms with Gasteiger partial charge >= 0.3 is 0 Å². The zero-order chi connectivity index (χ0) is 11.8. The van der Waals surface area contributed by atoms with Crippen LogP contribution in [0.4, 0.5) is 0 Å². The summed E-state index contributed by atoms with van der Waals surface area (Å²) < 4.78 is 0. The fourth-order valence-corrected chi connectivity index (χ4v) is 3.36. The molecule has 0 aliphatic carbocycles. The lowest BCUT2D eigenvalue weighted by Crippen LogP contribution is -2.48. The van der Waals surface area contributed by atoms with E-state index in [4.69, 9.17) is 0 Å². The third-order valence-corrected chi connectivity index (χ3v) is 4.89. The lowest BCUT2D eigenvalue weighted by Gasteiger charge is -2.40. The molecule has 0 aromatic heterocycles. The van der Waals surface area contributed by atoms with Gasteiger partial charge in [0.1, 0.15) is 0 Å². The van der Waals surface area contributed by atoms with E-state index >= 15 is 0 Å². The molecule has 0 aromatic rings. The SMILES string of the molecule is CC(C)C1CC(C(C)(C)N2CCCC2)CN1. The van der Waals surface area contributed by atoms with E-state index < -0.39 is 0 Å². The number of rotatable bonds is 3. The molecule has 94 valence electrons. The largest absolute Gasteiger partial charge is 0.313 e. The Bertz CT molecular complexity index is 229. The summed E-state index contributed by atoms with van der Waals surface area (Å²) >= 11 is 0. The van der Waals surface area contributed by atoms with Gasteiger partial charge in [-0.1, -0.05) is 13.8 Å². The van der Waals surface area contributed by atoms with Crippen LogP contribution in [-0.4, -0.2) is 36.1 Å². The summed E-state index contributed by atoms with van der Waals surface area (Å²) in [7, 11) is 0. The monoisotopic (exact) mass is 224 g/mol. The van der Waals surface area contributed by atoms with E-state index in [1.54, 1.807) is 0 Å². The quantitative estimate of drug-likeness (QED) is 0.792. The Morgan fingerprint density at radius 2 is 1.81 bits per heavy atom. The van der Waals surface area contributed by atoms with Crippen molar-refractivity contribution in [2.24, 2.45) is 11.8 Å². The summed E-state index contributed by atoms with van der Waals surface area (Å²) in [5.74, 6) is 1.61. The van der Waals surface area contributed by atoms with Gasteiger partial charge in [0.15, 0.2) is 0 Å². The molecule has 2 heterocycles. The zero-order valence-corrected chi connectivity index (χ0v) is 11.4. The van der Waals surface area contributed by atoms with E-state index in [-0.39, 0.29) is 0 Å². The number of likely N-dealkylation sites (tertiary alicyclic amines) is 1. The maximum Gasteiger partial charge on any atom is 0.0194 e. The van der Waals surface area contributed by atoms with E-state index in [1.807, 2.05) is 0 Å². The van der Waals surface area contributed by atoms with Crippen molar-refractivity contribution in [1.29, 1.82) is 0 Å². The average Bonchev–Trinajstić information content (AvgIpc) is 2.90. The second-order valence-corrected chi connectivity index (χ2v) is 6.54. The van der Waals surface area contributed by atoms with Gasteiger partial charge in [0.25, 0.3) is 0 Å². The molecule has 0 bridgehead atoms. The molecule has 0 aromatic carbocycles. The fraction of sp³-hybridized carbons (Fsp3) is 1.00. The van der Waals surface area contributed by atoms with Gasteiger partial charge in [-0.25, -0.2) is 0 Å². The van der Waals surface area contributed by atoms with Crippen molar-refractivity contribution >= 4 is 0 Å².